The molecule has 2 heterocycles. The van der Waals surface area contributed by atoms with Crippen LogP contribution in [0.2, 0.25) is 5.02 Å². The average Bonchev–Trinajstić information content (AvgIpc) is 3.42. The van der Waals surface area contributed by atoms with Gasteiger partial charge in [0.1, 0.15) is 0 Å². The minimum atomic E-state index is -0.276. The molecular weight excluding hydrogens is 384 g/mol. The number of amides is 3. The molecule has 1 saturated heterocycles. The number of imide groups is 1. The van der Waals surface area contributed by atoms with Crippen molar-refractivity contribution in [3.05, 3.63) is 57.8 Å². The molecule has 5 nitrogen and oxygen atoms in total. The second kappa shape index (κ2) is 6.04. The van der Waals surface area contributed by atoms with Gasteiger partial charge in [-0.25, -0.2) is 4.90 Å². The largest absolute Gasteiger partial charge is 0.320 e. The maximum atomic E-state index is 12.9. The molecule has 27 heavy (non-hydrogen) atoms. The van der Waals surface area contributed by atoms with Gasteiger partial charge in [-0.05, 0) is 47.9 Å². The zero-order chi connectivity index (χ0) is 18.7. The van der Waals surface area contributed by atoms with Gasteiger partial charge in [0.2, 0.25) is 11.8 Å². The van der Waals surface area contributed by atoms with Crippen molar-refractivity contribution < 1.29 is 14.4 Å². The summed E-state index contributed by atoms with van der Waals surface area (Å²) in [6.45, 7) is 0. The molecule has 2 fully saturated rings. The monoisotopic (exact) mass is 398 g/mol. The van der Waals surface area contributed by atoms with Gasteiger partial charge >= 0.3 is 0 Å². The zero-order valence-corrected chi connectivity index (χ0v) is 15.7. The normalized spacial score (nSPS) is 28.1. The Morgan fingerprint density at radius 1 is 1.11 bits per heavy atom. The summed E-state index contributed by atoms with van der Waals surface area (Å²) in [6.07, 6.45) is 5.02. The van der Waals surface area contributed by atoms with Gasteiger partial charge in [0.25, 0.3) is 5.91 Å². The van der Waals surface area contributed by atoms with Crippen LogP contribution in [0.25, 0.3) is 0 Å². The Morgan fingerprint density at radius 2 is 1.81 bits per heavy atom. The highest BCUT2D eigenvalue weighted by molar-refractivity contribution is 7.12. The first-order chi connectivity index (χ1) is 13.0. The molecule has 7 heteroatoms. The quantitative estimate of drug-likeness (QED) is 0.628. The maximum absolute atomic E-state index is 12.9. The van der Waals surface area contributed by atoms with Crippen LogP contribution in [-0.2, 0) is 9.59 Å². The van der Waals surface area contributed by atoms with Crippen molar-refractivity contribution in [2.24, 2.45) is 23.7 Å². The number of rotatable bonds is 3. The standard InChI is InChI=1S/C20H15ClN2O3S/c21-13-6-5-12(9-14(13)22-18(24)15-2-1-7-27-15)23-19(25)16-10-3-4-11(8-10)17(16)20(23)26/h1-7,9-11,16-17H,8H2,(H,22,24)/t10-,11+,16+,17-. The van der Waals surface area contributed by atoms with Crippen molar-refractivity contribution in [3.8, 4) is 0 Å². The van der Waals surface area contributed by atoms with Crippen molar-refractivity contribution in [2.75, 3.05) is 10.2 Å². The first kappa shape index (κ1) is 16.7. The van der Waals surface area contributed by atoms with Gasteiger partial charge < -0.3 is 5.32 Å². The zero-order valence-electron chi connectivity index (χ0n) is 14.1. The summed E-state index contributed by atoms with van der Waals surface area (Å²) in [5.74, 6) is -0.778. The average molecular weight is 399 g/mol. The fourth-order valence-corrected chi connectivity index (χ4v) is 5.28. The molecule has 5 rings (SSSR count). The van der Waals surface area contributed by atoms with Gasteiger partial charge in [-0.1, -0.05) is 29.8 Å². The number of carbonyl (C=O) groups is 3. The van der Waals surface area contributed by atoms with E-state index in [2.05, 4.69) is 17.5 Å². The first-order valence-corrected chi connectivity index (χ1v) is 10.0. The van der Waals surface area contributed by atoms with Crippen LogP contribution >= 0.6 is 22.9 Å². The number of fused-ring (bicyclic) bond motifs is 5. The Morgan fingerprint density at radius 3 is 2.44 bits per heavy atom. The van der Waals surface area contributed by atoms with Crippen molar-refractivity contribution in [1.82, 2.24) is 0 Å². The summed E-state index contributed by atoms with van der Waals surface area (Å²) in [6, 6.07) is 8.35. The van der Waals surface area contributed by atoms with Crippen LogP contribution in [0, 0.1) is 23.7 Å². The van der Waals surface area contributed by atoms with Crippen molar-refractivity contribution in [1.29, 1.82) is 0 Å². The predicted molar refractivity (Wildman–Crippen MR) is 104 cm³/mol. The van der Waals surface area contributed by atoms with Gasteiger partial charge in [0.05, 0.1) is 33.1 Å². The summed E-state index contributed by atoms with van der Waals surface area (Å²) >= 11 is 7.55. The summed E-state index contributed by atoms with van der Waals surface area (Å²) in [7, 11) is 0. The topological polar surface area (TPSA) is 66.5 Å². The Bertz CT molecular complexity index is 971. The van der Waals surface area contributed by atoms with E-state index < -0.39 is 0 Å². The van der Waals surface area contributed by atoms with Crippen LogP contribution in [0.15, 0.2) is 47.9 Å². The SMILES string of the molecule is O=C(Nc1cc(N2C(=O)[C@@H]3[C@H](C2=O)[C@H]2C=C[C@@H]3C2)ccc1Cl)c1cccs1. The molecule has 1 aliphatic heterocycles. The number of thiophene rings is 1. The lowest BCUT2D eigenvalue weighted by Gasteiger charge is -2.18. The lowest BCUT2D eigenvalue weighted by molar-refractivity contribution is -0.123. The molecule has 4 atom stereocenters. The third kappa shape index (κ3) is 2.47. The Balaban J connectivity index is 1.45. The minimum Gasteiger partial charge on any atom is -0.320 e. The number of nitrogens with zero attached hydrogens (tertiary/aromatic N) is 1. The maximum Gasteiger partial charge on any atom is 0.265 e. The lowest BCUT2D eigenvalue weighted by atomic mass is 9.85. The van der Waals surface area contributed by atoms with Gasteiger partial charge in [-0.3, -0.25) is 14.4 Å². The third-order valence-electron chi connectivity index (χ3n) is 5.67. The summed E-state index contributed by atoms with van der Waals surface area (Å²) in [5.41, 5.74) is 0.830. The number of carbonyl (C=O) groups excluding carboxylic acids is 3. The second-order valence-corrected chi connectivity index (χ2v) is 8.46. The van der Waals surface area contributed by atoms with Crippen LogP contribution < -0.4 is 10.2 Å². The van der Waals surface area contributed by atoms with E-state index >= 15 is 0 Å². The number of nitrogens with one attached hydrogen (secondary N) is 1. The van der Waals surface area contributed by atoms with E-state index in [1.54, 1.807) is 30.3 Å². The first-order valence-electron chi connectivity index (χ1n) is 8.75. The molecule has 136 valence electrons. The molecule has 0 radical (unpaired) electrons. The van der Waals surface area contributed by atoms with Crippen LogP contribution in [0.1, 0.15) is 16.1 Å². The molecule has 3 amide bonds. The summed E-state index contributed by atoms with van der Waals surface area (Å²) in [5, 5.41) is 4.93. The predicted octanol–water partition coefficient (Wildman–Crippen LogP) is 3.97. The van der Waals surface area contributed by atoms with Crippen LogP contribution in [-0.4, -0.2) is 17.7 Å². The molecule has 1 aromatic heterocycles. The summed E-state index contributed by atoms with van der Waals surface area (Å²) in [4.78, 5) is 40.0. The van der Waals surface area contributed by atoms with E-state index in [4.69, 9.17) is 11.6 Å². The molecule has 0 unspecified atom stereocenters. The summed E-state index contributed by atoms with van der Waals surface area (Å²) < 4.78 is 0. The lowest BCUT2D eigenvalue weighted by Crippen LogP contribution is -2.32. The van der Waals surface area contributed by atoms with E-state index in [0.717, 1.165) is 6.42 Å². The molecule has 2 aliphatic carbocycles. The Kier molecular flexibility index (Phi) is 3.74. The van der Waals surface area contributed by atoms with Gasteiger partial charge in [-0.15, -0.1) is 11.3 Å². The molecule has 2 bridgehead atoms. The molecule has 3 aliphatic rings. The number of benzene rings is 1. The molecular formula is C20H15ClN2O3S. The van der Waals surface area contributed by atoms with Gasteiger partial charge in [0, 0.05) is 0 Å². The van der Waals surface area contributed by atoms with Gasteiger partial charge in [0.15, 0.2) is 0 Å². The number of hydrogen-bond acceptors (Lipinski definition) is 4. The highest BCUT2D eigenvalue weighted by Gasteiger charge is 2.59. The van der Waals surface area contributed by atoms with Crippen molar-refractivity contribution >= 4 is 52.0 Å². The molecule has 0 spiro atoms. The van der Waals surface area contributed by atoms with E-state index in [0.29, 0.717) is 21.3 Å². The van der Waals surface area contributed by atoms with E-state index in [-0.39, 0.29) is 41.4 Å². The fraction of sp³-hybridized carbons (Fsp3) is 0.250. The van der Waals surface area contributed by atoms with E-state index in [1.165, 1.54) is 16.2 Å². The van der Waals surface area contributed by atoms with Crippen LogP contribution in [0.3, 0.4) is 0 Å². The molecule has 1 saturated carbocycles. The Hall–Kier alpha value is -2.44. The highest BCUT2D eigenvalue weighted by atomic mass is 35.5. The number of hydrogen-bond donors (Lipinski definition) is 1. The Labute approximate surface area is 164 Å². The van der Waals surface area contributed by atoms with Gasteiger partial charge in [-0.2, -0.15) is 0 Å². The number of allylic oxidation sites excluding steroid dienone is 2. The molecule has 1 N–H and O–H groups in total. The number of anilines is 2. The molecule has 2 aromatic rings. The molecule has 1 aromatic carbocycles. The number of halogens is 1. The van der Waals surface area contributed by atoms with E-state index in [1.807, 2.05) is 5.38 Å². The van der Waals surface area contributed by atoms with Crippen molar-refractivity contribution in [3.63, 3.8) is 0 Å². The van der Waals surface area contributed by atoms with Crippen molar-refractivity contribution in [2.45, 2.75) is 6.42 Å². The smallest absolute Gasteiger partial charge is 0.265 e. The van der Waals surface area contributed by atoms with Crippen LogP contribution in [0.4, 0.5) is 11.4 Å². The minimum absolute atomic E-state index is 0.153. The highest BCUT2D eigenvalue weighted by Crippen LogP contribution is 2.53. The third-order valence-corrected chi connectivity index (χ3v) is 6.87. The fourth-order valence-electron chi connectivity index (χ4n) is 4.50. The van der Waals surface area contributed by atoms with Crippen LogP contribution in [0.5, 0.6) is 0 Å². The van der Waals surface area contributed by atoms with E-state index in [9.17, 15) is 14.4 Å². The second-order valence-electron chi connectivity index (χ2n) is 7.11.